The molecule has 1 atom stereocenters. The number of methoxy groups -OCH3 is 1. The highest BCUT2D eigenvalue weighted by Gasteiger charge is 2.24. The summed E-state index contributed by atoms with van der Waals surface area (Å²) in [5.41, 5.74) is 0. The Labute approximate surface area is 65.4 Å². The summed E-state index contributed by atoms with van der Waals surface area (Å²) >= 11 is 0. The minimum Gasteiger partial charge on any atom is -0.467 e. The molecule has 0 aliphatic carbocycles. The van der Waals surface area contributed by atoms with E-state index in [1.807, 2.05) is 0 Å². The molecular formula is C7H12O4. The van der Waals surface area contributed by atoms with Gasteiger partial charge in [-0.1, -0.05) is 0 Å². The predicted octanol–water partition coefficient (Wildman–Crippen LogP) is -0.0367. The lowest BCUT2D eigenvalue weighted by molar-refractivity contribution is -0.178. The Hall–Kier alpha value is -0.610. The summed E-state index contributed by atoms with van der Waals surface area (Å²) in [6.07, 6.45) is -0.405. The van der Waals surface area contributed by atoms with Gasteiger partial charge in [0.15, 0.2) is 6.10 Å². The van der Waals surface area contributed by atoms with E-state index in [4.69, 9.17) is 9.47 Å². The lowest BCUT2D eigenvalue weighted by Gasteiger charge is -2.27. The number of esters is 1. The van der Waals surface area contributed by atoms with Gasteiger partial charge in [-0.25, -0.2) is 4.79 Å². The molecule has 1 aliphatic rings. The van der Waals surface area contributed by atoms with Gasteiger partial charge in [0.25, 0.3) is 0 Å². The zero-order valence-corrected chi connectivity index (χ0v) is 6.70. The van der Waals surface area contributed by atoms with Crippen molar-refractivity contribution >= 4 is 5.97 Å². The van der Waals surface area contributed by atoms with Crippen LogP contribution in [0.4, 0.5) is 0 Å². The van der Waals surface area contributed by atoms with E-state index in [-0.39, 0.29) is 12.1 Å². The molecule has 4 nitrogen and oxygen atoms in total. The van der Waals surface area contributed by atoms with Gasteiger partial charge in [0.05, 0.1) is 20.3 Å². The number of ether oxygens (including phenoxy) is 3. The van der Waals surface area contributed by atoms with Gasteiger partial charge in [0.1, 0.15) is 6.10 Å². The fourth-order valence-corrected chi connectivity index (χ4v) is 0.803. The van der Waals surface area contributed by atoms with E-state index in [0.717, 1.165) is 0 Å². The molecule has 0 unspecified atom stereocenters. The van der Waals surface area contributed by atoms with Gasteiger partial charge in [0.2, 0.25) is 0 Å². The second-order valence-electron chi connectivity index (χ2n) is 2.46. The molecular weight excluding hydrogens is 148 g/mol. The Morgan fingerprint density at radius 2 is 2.27 bits per heavy atom. The summed E-state index contributed by atoms with van der Waals surface area (Å²) in [7, 11) is 1.35. The topological polar surface area (TPSA) is 44.8 Å². The molecule has 0 bridgehead atoms. The van der Waals surface area contributed by atoms with Crippen molar-refractivity contribution in [1.82, 2.24) is 0 Å². The fraction of sp³-hybridized carbons (Fsp3) is 0.857. The summed E-state index contributed by atoms with van der Waals surface area (Å²) in [6, 6.07) is 0. The first-order valence-electron chi connectivity index (χ1n) is 3.55. The molecule has 1 rings (SSSR count). The fourth-order valence-electron chi connectivity index (χ4n) is 0.803. The number of hydrogen-bond acceptors (Lipinski definition) is 4. The Morgan fingerprint density at radius 1 is 1.64 bits per heavy atom. The van der Waals surface area contributed by atoms with Gasteiger partial charge in [-0.05, 0) is 6.92 Å². The molecule has 64 valence electrons. The van der Waals surface area contributed by atoms with Crippen molar-refractivity contribution in [3.63, 3.8) is 0 Å². The Kier molecular flexibility index (Phi) is 2.84. The number of rotatable bonds is 3. The van der Waals surface area contributed by atoms with Crippen molar-refractivity contribution in [3.05, 3.63) is 0 Å². The van der Waals surface area contributed by atoms with Crippen molar-refractivity contribution in [3.8, 4) is 0 Å². The van der Waals surface area contributed by atoms with Crippen LogP contribution in [0.25, 0.3) is 0 Å². The molecule has 0 aromatic rings. The van der Waals surface area contributed by atoms with Crippen molar-refractivity contribution < 1.29 is 19.0 Å². The molecule has 1 fully saturated rings. The van der Waals surface area contributed by atoms with Crippen LogP contribution in [-0.2, 0) is 19.0 Å². The number of carbonyl (C=O) groups excluding carboxylic acids is 1. The van der Waals surface area contributed by atoms with Crippen LogP contribution in [0.5, 0.6) is 0 Å². The van der Waals surface area contributed by atoms with E-state index in [0.29, 0.717) is 13.2 Å². The van der Waals surface area contributed by atoms with Crippen molar-refractivity contribution in [2.75, 3.05) is 20.3 Å². The maximum atomic E-state index is 10.8. The van der Waals surface area contributed by atoms with Gasteiger partial charge in [-0.15, -0.1) is 0 Å². The molecule has 0 radical (unpaired) electrons. The van der Waals surface area contributed by atoms with E-state index in [1.165, 1.54) is 7.11 Å². The van der Waals surface area contributed by atoms with Crippen LogP contribution in [0, 0.1) is 0 Å². The highest BCUT2D eigenvalue weighted by atomic mass is 16.6. The van der Waals surface area contributed by atoms with Crippen LogP contribution in [0.15, 0.2) is 0 Å². The first kappa shape index (κ1) is 8.49. The molecule has 4 heteroatoms. The molecule has 0 N–H and O–H groups in total. The smallest absolute Gasteiger partial charge is 0.334 e. The van der Waals surface area contributed by atoms with Gasteiger partial charge in [-0.3, -0.25) is 0 Å². The molecule has 0 spiro atoms. The molecule has 0 amide bonds. The summed E-state index contributed by atoms with van der Waals surface area (Å²) < 4.78 is 14.6. The summed E-state index contributed by atoms with van der Waals surface area (Å²) in [5.74, 6) is -0.336. The van der Waals surface area contributed by atoms with E-state index in [1.54, 1.807) is 6.92 Å². The quantitative estimate of drug-likeness (QED) is 0.543. The summed E-state index contributed by atoms with van der Waals surface area (Å²) in [5, 5.41) is 0. The normalized spacial score (nSPS) is 20.5. The summed E-state index contributed by atoms with van der Waals surface area (Å²) in [4.78, 5) is 10.8. The van der Waals surface area contributed by atoms with Crippen LogP contribution < -0.4 is 0 Å². The van der Waals surface area contributed by atoms with E-state index in [9.17, 15) is 4.79 Å². The van der Waals surface area contributed by atoms with Gasteiger partial charge in [0, 0.05) is 0 Å². The number of hydrogen-bond donors (Lipinski definition) is 0. The average molecular weight is 160 g/mol. The first-order chi connectivity index (χ1) is 5.24. The van der Waals surface area contributed by atoms with Crippen molar-refractivity contribution in [1.29, 1.82) is 0 Å². The van der Waals surface area contributed by atoms with Gasteiger partial charge < -0.3 is 14.2 Å². The van der Waals surface area contributed by atoms with Crippen LogP contribution in [-0.4, -0.2) is 38.5 Å². The summed E-state index contributed by atoms with van der Waals surface area (Å²) in [6.45, 7) is 2.84. The molecule has 1 heterocycles. The Bertz CT molecular complexity index is 141. The highest BCUT2D eigenvalue weighted by Crippen LogP contribution is 2.08. The Balaban J connectivity index is 2.18. The zero-order chi connectivity index (χ0) is 8.27. The van der Waals surface area contributed by atoms with Gasteiger partial charge >= 0.3 is 5.97 Å². The van der Waals surface area contributed by atoms with Crippen LogP contribution in [0.3, 0.4) is 0 Å². The van der Waals surface area contributed by atoms with E-state index in [2.05, 4.69) is 4.74 Å². The third-order valence-corrected chi connectivity index (χ3v) is 1.54. The molecule has 0 saturated carbocycles. The maximum Gasteiger partial charge on any atom is 0.334 e. The first-order valence-corrected chi connectivity index (χ1v) is 3.55. The minimum atomic E-state index is -0.478. The molecule has 0 aromatic heterocycles. The van der Waals surface area contributed by atoms with Crippen LogP contribution in [0.1, 0.15) is 6.92 Å². The van der Waals surface area contributed by atoms with E-state index < -0.39 is 6.10 Å². The standard InChI is InChI=1S/C7H12O4/c1-5(7(8)9-2)11-6-3-10-4-6/h5-6H,3-4H2,1-2H3/t5-/m0/s1. The van der Waals surface area contributed by atoms with Crippen molar-refractivity contribution in [2.24, 2.45) is 0 Å². The second-order valence-corrected chi connectivity index (χ2v) is 2.46. The zero-order valence-electron chi connectivity index (χ0n) is 6.70. The molecule has 1 aliphatic heterocycles. The highest BCUT2D eigenvalue weighted by molar-refractivity contribution is 5.73. The lowest BCUT2D eigenvalue weighted by Crippen LogP contribution is -2.40. The lowest BCUT2D eigenvalue weighted by atomic mass is 10.3. The third kappa shape index (κ3) is 2.17. The minimum absolute atomic E-state index is 0.0732. The van der Waals surface area contributed by atoms with Gasteiger partial charge in [-0.2, -0.15) is 0 Å². The second kappa shape index (κ2) is 3.69. The number of carbonyl (C=O) groups is 1. The monoisotopic (exact) mass is 160 g/mol. The van der Waals surface area contributed by atoms with Crippen LogP contribution >= 0.6 is 0 Å². The molecule has 11 heavy (non-hydrogen) atoms. The van der Waals surface area contributed by atoms with E-state index >= 15 is 0 Å². The Morgan fingerprint density at radius 3 is 2.64 bits per heavy atom. The molecule has 1 saturated heterocycles. The molecule has 0 aromatic carbocycles. The predicted molar refractivity (Wildman–Crippen MR) is 37.2 cm³/mol. The van der Waals surface area contributed by atoms with Crippen LogP contribution in [0.2, 0.25) is 0 Å². The average Bonchev–Trinajstić information content (AvgIpc) is 1.94. The maximum absolute atomic E-state index is 10.8. The van der Waals surface area contributed by atoms with Crippen molar-refractivity contribution in [2.45, 2.75) is 19.1 Å². The third-order valence-electron chi connectivity index (χ3n) is 1.54. The largest absolute Gasteiger partial charge is 0.467 e. The SMILES string of the molecule is COC(=O)[C@H](C)OC1COC1.